The molecule has 0 unspecified atom stereocenters. The van der Waals surface area contributed by atoms with Crippen molar-refractivity contribution in [2.75, 3.05) is 49.2 Å². The van der Waals surface area contributed by atoms with Crippen LogP contribution in [0.2, 0.25) is 5.02 Å². The molecule has 26 heavy (non-hydrogen) atoms. The molecule has 2 saturated heterocycles. The molecule has 0 bridgehead atoms. The molecule has 2 aliphatic heterocycles. The van der Waals surface area contributed by atoms with Crippen LogP contribution in [0.1, 0.15) is 18.4 Å². The van der Waals surface area contributed by atoms with Crippen molar-refractivity contribution in [3.8, 4) is 0 Å². The van der Waals surface area contributed by atoms with Crippen molar-refractivity contribution in [1.82, 2.24) is 9.97 Å². The minimum absolute atomic E-state index is 0.619. The van der Waals surface area contributed by atoms with E-state index in [1.807, 2.05) is 30.3 Å². The quantitative estimate of drug-likeness (QED) is 0.890. The Kier molecular flexibility index (Phi) is 4.98. The SMILES string of the molecule is OC1(c2ccccc2Cl)CCN(c2cc(N3CCOCC3)ncn2)CC1. The second-order valence-electron chi connectivity index (χ2n) is 6.83. The van der Waals surface area contributed by atoms with Crippen molar-refractivity contribution in [2.45, 2.75) is 18.4 Å². The summed E-state index contributed by atoms with van der Waals surface area (Å²) in [7, 11) is 0. The van der Waals surface area contributed by atoms with Crippen LogP contribution in [-0.4, -0.2) is 54.5 Å². The van der Waals surface area contributed by atoms with E-state index in [1.165, 1.54) is 0 Å². The summed E-state index contributed by atoms with van der Waals surface area (Å²) in [5.74, 6) is 1.84. The van der Waals surface area contributed by atoms with Crippen LogP contribution in [0.15, 0.2) is 36.7 Å². The molecule has 0 amide bonds. The van der Waals surface area contributed by atoms with Crippen molar-refractivity contribution in [2.24, 2.45) is 0 Å². The zero-order valence-electron chi connectivity index (χ0n) is 14.6. The molecule has 138 valence electrons. The molecular formula is C19H23ClN4O2. The number of aliphatic hydroxyl groups is 1. The Hall–Kier alpha value is -1.89. The van der Waals surface area contributed by atoms with Crippen LogP contribution >= 0.6 is 11.6 Å². The van der Waals surface area contributed by atoms with Gasteiger partial charge < -0.3 is 19.6 Å². The maximum absolute atomic E-state index is 11.1. The number of hydrogen-bond donors (Lipinski definition) is 1. The van der Waals surface area contributed by atoms with Crippen molar-refractivity contribution in [3.05, 3.63) is 47.2 Å². The van der Waals surface area contributed by atoms with E-state index in [0.717, 1.165) is 56.6 Å². The predicted octanol–water partition coefficient (Wildman–Crippen LogP) is 2.45. The number of nitrogens with zero attached hydrogens (tertiary/aromatic N) is 4. The van der Waals surface area contributed by atoms with Crippen LogP contribution in [0.25, 0.3) is 0 Å². The molecule has 0 radical (unpaired) electrons. The number of piperidine rings is 1. The standard InChI is InChI=1S/C19H23ClN4O2/c20-16-4-2-1-3-15(16)19(25)5-7-23(8-6-19)17-13-18(22-14-21-17)24-9-11-26-12-10-24/h1-4,13-14,25H,5-12H2. The fourth-order valence-electron chi connectivity index (χ4n) is 3.69. The highest BCUT2D eigenvalue weighted by atomic mass is 35.5. The largest absolute Gasteiger partial charge is 0.385 e. The third-order valence-corrected chi connectivity index (χ3v) is 5.59. The maximum Gasteiger partial charge on any atom is 0.134 e. The van der Waals surface area contributed by atoms with Gasteiger partial charge in [-0.25, -0.2) is 9.97 Å². The molecule has 2 aliphatic rings. The number of morpholine rings is 1. The average molecular weight is 375 g/mol. The summed E-state index contributed by atoms with van der Waals surface area (Å²) in [6.45, 7) is 4.61. The summed E-state index contributed by atoms with van der Waals surface area (Å²) in [4.78, 5) is 13.3. The van der Waals surface area contributed by atoms with Gasteiger partial charge in [-0.15, -0.1) is 0 Å². The molecule has 1 aromatic carbocycles. The number of rotatable bonds is 3. The molecule has 0 atom stereocenters. The molecule has 0 aliphatic carbocycles. The molecule has 2 fully saturated rings. The number of anilines is 2. The predicted molar refractivity (Wildman–Crippen MR) is 102 cm³/mol. The first-order valence-corrected chi connectivity index (χ1v) is 9.41. The fourth-order valence-corrected chi connectivity index (χ4v) is 4.00. The molecule has 0 spiro atoms. The third-order valence-electron chi connectivity index (χ3n) is 5.26. The lowest BCUT2D eigenvalue weighted by Crippen LogP contribution is -2.43. The molecule has 7 heteroatoms. The molecule has 0 saturated carbocycles. The number of halogens is 1. The van der Waals surface area contributed by atoms with Crippen molar-refractivity contribution < 1.29 is 9.84 Å². The van der Waals surface area contributed by atoms with Gasteiger partial charge in [0.1, 0.15) is 18.0 Å². The molecule has 2 aromatic rings. The van der Waals surface area contributed by atoms with Gasteiger partial charge in [0.2, 0.25) is 0 Å². The van der Waals surface area contributed by atoms with Crippen molar-refractivity contribution >= 4 is 23.2 Å². The van der Waals surface area contributed by atoms with Gasteiger partial charge in [0.05, 0.1) is 18.8 Å². The Balaban J connectivity index is 1.47. The summed E-state index contributed by atoms with van der Waals surface area (Å²) < 4.78 is 5.41. The van der Waals surface area contributed by atoms with Gasteiger partial charge in [0, 0.05) is 42.8 Å². The van der Waals surface area contributed by atoms with Crippen LogP contribution in [-0.2, 0) is 10.3 Å². The van der Waals surface area contributed by atoms with E-state index in [9.17, 15) is 5.11 Å². The molecule has 1 N–H and O–H groups in total. The first-order chi connectivity index (χ1) is 12.7. The first-order valence-electron chi connectivity index (χ1n) is 9.03. The van der Waals surface area contributed by atoms with Crippen molar-refractivity contribution in [1.29, 1.82) is 0 Å². The van der Waals surface area contributed by atoms with E-state index in [1.54, 1.807) is 6.33 Å². The number of ether oxygens (including phenoxy) is 1. The van der Waals surface area contributed by atoms with Crippen LogP contribution in [0.3, 0.4) is 0 Å². The Morgan fingerprint density at radius 2 is 1.58 bits per heavy atom. The Morgan fingerprint density at radius 1 is 0.962 bits per heavy atom. The number of aromatic nitrogens is 2. The third kappa shape index (κ3) is 3.49. The zero-order valence-corrected chi connectivity index (χ0v) is 15.4. The van der Waals surface area contributed by atoms with E-state index in [4.69, 9.17) is 16.3 Å². The number of hydrogen-bond acceptors (Lipinski definition) is 6. The second-order valence-corrected chi connectivity index (χ2v) is 7.24. The minimum Gasteiger partial charge on any atom is -0.385 e. The van der Waals surface area contributed by atoms with E-state index >= 15 is 0 Å². The lowest BCUT2D eigenvalue weighted by Gasteiger charge is -2.39. The summed E-state index contributed by atoms with van der Waals surface area (Å²) in [6, 6.07) is 9.59. The minimum atomic E-state index is -0.880. The number of benzene rings is 1. The van der Waals surface area contributed by atoms with Gasteiger partial charge in [0.15, 0.2) is 0 Å². The van der Waals surface area contributed by atoms with E-state index in [-0.39, 0.29) is 0 Å². The maximum atomic E-state index is 11.1. The molecule has 3 heterocycles. The zero-order chi connectivity index (χ0) is 18.0. The molecular weight excluding hydrogens is 352 g/mol. The Labute approximate surface area is 158 Å². The smallest absolute Gasteiger partial charge is 0.134 e. The molecule has 6 nitrogen and oxygen atoms in total. The molecule has 1 aromatic heterocycles. The summed E-state index contributed by atoms with van der Waals surface area (Å²) in [5, 5.41) is 11.7. The van der Waals surface area contributed by atoms with Crippen LogP contribution in [0.5, 0.6) is 0 Å². The monoisotopic (exact) mass is 374 g/mol. The highest BCUT2D eigenvalue weighted by Gasteiger charge is 2.35. The lowest BCUT2D eigenvalue weighted by atomic mass is 9.84. The highest BCUT2D eigenvalue weighted by Crippen LogP contribution is 2.37. The van der Waals surface area contributed by atoms with Gasteiger partial charge in [-0.05, 0) is 18.9 Å². The van der Waals surface area contributed by atoms with Crippen LogP contribution in [0, 0.1) is 0 Å². The average Bonchev–Trinajstić information content (AvgIpc) is 2.70. The fraction of sp³-hybridized carbons (Fsp3) is 0.474. The van der Waals surface area contributed by atoms with E-state index in [0.29, 0.717) is 17.9 Å². The van der Waals surface area contributed by atoms with Gasteiger partial charge in [-0.2, -0.15) is 0 Å². The van der Waals surface area contributed by atoms with Crippen LogP contribution in [0.4, 0.5) is 11.6 Å². The second kappa shape index (κ2) is 7.39. The summed E-state index contributed by atoms with van der Waals surface area (Å²) in [5.41, 5.74) is -0.0624. The van der Waals surface area contributed by atoms with E-state index < -0.39 is 5.60 Å². The summed E-state index contributed by atoms with van der Waals surface area (Å²) in [6.07, 6.45) is 2.86. The normalized spacial score (nSPS) is 20.2. The van der Waals surface area contributed by atoms with Crippen molar-refractivity contribution in [3.63, 3.8) is 0 Å². The Bertz CT molecular complexity index is 759. The Morgan fingerprint density at radius 3 is 2.23 bits per heavy atom. The summed E-state index contributed by atoms with van der Waals surface area (Å²) >= 11 is 6.30. The van der Waals surface area contributed by atoms with E-state index in [2.05, 4.69) is 19.8 Å². The van der Waals surface area contributed by atoms with Gasteiger partial charge in [-0.3, -0.25) is 0 Å². The lowest BCUT2D eigenvalue weighted by molar-refractivity contribution is 0.0117. The van der Waals surface area contributed by atoms with Crippen LogP contribution < -0.4 is 9.80 Å². The highest BCUT2D eigenvalue weighted by molar-refractivity contribution is 6.31. The topological polar surface area (TPSA) is 61.7 Å². The van der Waals surface area contributed by atoms with Gasteiger partial charge in [-0.1, -0.05) is 29.8 Å². The molecule has 4 rings (SSSR count). The van der Waals surface area contributed by atoms with Gasteiger partial charge in [0.25, 0.3) is 0 Å². The van der Waals surface area contributed by atoms with Gasteiger partial charge >= 0.3 is 0 Å². The first kappa shape index (κ1) is 17.5.